The summed E-state index contributed by atoms with van der Waals surface area (Å²) in [7, 11) is 0. The fourth-order valence-corrected chi connectivity index (χ4v) is 3.27. The van der Waals surface area contributed by atoms with Crippen molar-refractivity contribution < 1.29 is 0 Å². The molecule has 2 nitrogen and oxygen atoms in total. The molecule has 4 rings (SSSR count). The molecule has 3 aliphatic heterocycles. The van der Waals surface area contributed by atoms with Crippen LogP contribution in [0.2, 0.25) is 0 Å². The highest BCUT2D eigenvalue weighted by molar-refractivity contribution is 5.18. The first-order chi connectivity index (χ1) is 8.33. The van der Waals surface area contributed by atoms with Crippen molar-refractivity contribution in [3.63, 3.8) is 0 Å². The number of benzene rings is 1. The van der Waals surface area contributed by atoms with Crippen LogP contribution in [-0.2, 0) is 0 Å². The predicted octanol–water partition coefficient (Wildman–Crippen LogP) is 2.78. The van der Waals surface area contributed by atoms with Gasteiger partial charge in [0.05, 0.1) is 6.17 Å². The largest absolute Gasteiger partial charge is 0.295 e. The molecule has 1 aromatic rings. The zero-order valence-corrected chi connectivity index (χ0v) is 10.6. The van der Waals surface area contributed by atoms with Crippen molar-refractivity contribution >= 4 is 0 Å². The Hall–Kier alpha value is -0.860. The molecule has 0 aromatic heterocycles. The van der Waals surface area contributed by atoms with Crippen LogP contribution in [0.3, 0.4) is 0 Å². The minimum Gasteiger partial charge on any atom is -0.295 e. The summed E-state index contributed by atoms with van der Waals surface area (Å²) in [6, 6.07) is 11.2. The Labute approximate surface area is 104 Å². The first-order valence-electron chi connectivity index (χ1n) is 6.88. The van der Waals surface area contributed by atoms with E-state index in [1.54, 1.807) is 0 Å². The lowest BCUT2D eigenvalue weighted by atomic mass is 9.86. The van der Waals surface area contributed by atoms with Crippen LogP contribution >= 0.6 is 0 Å². The number of piperidine rings is 3. The van der Waals surface area contributed by atoms with Gasteiger partial charge in [0.2, 0.25) is 0 Å². The van der Waals surface area contributed by atoms with Gasteiger partial charge in [0.25, 0.3) is 0 Å². The van der Waals surface area contributed by atoms with Gasteiger partial charge in [-0.25, -0.2) is 0 Å². The molecule has 1 N–H and O–H groups in total. The third-order valence-corrected chi connectivity index (χ3v) is 4.39. The second-order valence-corrected chi connectivity index (χ2v) is 5.53. The summed E-state index contributed by atoms with van der Waals surface area (Å²) in [5.74, 6) is 0.973. The second kappa shape index (κ2) is 4.79. The van der Waals surface area contributed by atoms with Gasteiger partial charge in [-0.1, -0.05) is 30.3 Å². The smallest absolute Gasteiger partial charge is 0.0604 e. The number of nitrogens with zero attached hydrogens (tertiary/aromatic N) is 1. The van der Waals surface area contributed by atoms with Gasteiger partial charge in [-0.3, -0.25) is 10.2 Å². The zero-order valence-electron chi connectivity index (χ0n) is 10.6. The summed E-state index contributed by atoms with van der Waals surface area (Å²) in [6.45, 7) is 4.87. The first-order valence-corrected chi connectivity index (χ1v) is 6.88. The van der Waals surface area contributed by atoms with Gasteiger partial charge in [-0.2, -0.15) is 0 Å². The topological polar surface area (TPSA) is 15.3 Å². The molecular weight excluding hydrogens is 208 g/mol. The second-order valence-electron chi connectivity index (χ2n) is 5.53. The van der Waals surface area contributed by atoms with Crippen LogP contribution in [0.25, 0.3) is 0 Å². The molecule has 1 aromatic carbocycles. The van der Waals surface area contributed by atoms with Crippen molar-refractivity contribution in [3.8, 4) is 0 Å². The molecule has 0 saturated carbocycles. The SMILES string of the molecule is C[C@H](NC1CC2CCN1CC2)c1ccccc1. The predicted molar refractivity (Wildman–Crippen MR) is 70.7 cm³/mol. The Balaban J connectivity index is 1.64. The number of fused-ring (bicyclic) bond motifs is 3. The lowest BCUT2D eigenvalue weighted by Gasteiger charge is -2.46. The number of hydrogen-bond donors (Lipinski definition) is 1. The summed E-state index contributed by atoms with van der Waals surface area (Å²) in [5.41, 5.74) is 1.40. The monoisotopic (exact) mass is 230 g/mol. The number of hydrogen-bond acceptors (Lipinski definition) is 2. The average Bonchev–Trinajstić information content (AvgIpc) is 2.41. The zero-order chi connectivity index (χ0) is 11.7. The van der Waals surface area contributed by atoms with E-state index < -0.39 is 0 Å². The molecule has 0 aliphatic carbocycles. The molecule has 3 heterocycles. The van der Waals surface area contributed by atoms with Crippen LogP contribution in [0.5, 0.6) is 0 Å². The van der Waals surface area contributed by atoms with E-state index in [2.05, 4.69) is 47.5 Å². The highest BCUT2D eigenvalue weighted by atomic mass is 15.3. The fraction of sp³-hybridized carbons (Fsp3) is 0.600. The van der Waals surface area contributed by atoms with E-state index in [1.807, 2.05) is 0 Å². The summed E-state index contributed by atoms with van der Waals surface area (Å²) >= 11 is 0. The summed E-state index contributed by atoms with van der Waals surface area (Å²) in [5, 5.41) is 3.79. The first kappa shape index (κ1) is 11.2. The maximum atomic E-state index is 3.79. The quantitative estimate of drug-likeness (QED) is 0.859. The van der Waals surface area contributed by atoms with Gasteiger partial charge in [-0.15, -0.1) is 0 Å². The van der Waals surface area contributed by atoms with Gasteiger partial charge >= 0.3 is 0 Å². The molecule has 3 saturated heterocycles. The maximum absolute atomic E-state index is 3.79. The lowest BCUT2D eigenvalue weighted by Crippen LogP contribution is -2.55. The van der Waals surface area contributed by atoms with Gasteiger partial charge < -0.3 is 0 Å². The molecule has 3 aliphatic rings. The molecule has 0 amide bonds. The Bertz CT molecular complexity index is 354. The van der Waals surface area contributed by atoms with E-state index in [9.17, 15) is 0 Å². The van der Waals surface area contributed by atoms with Crippen LogP contribution in [0, 0.1) is 5.92 Å². The van der Waals surface area contributed by atoms with Crippen LogP contribution in [0.4, 0.5) is 0 Å². The molecule has 92 valence electrons. The van der Waals surface area contributed by atoms with Crippen molar-refractivity contribution in [1.82, 2.24) is 10.2 Å². The van der Waals surface area contributed by atoms with E-state index >= 15 is 0 Å². The lowest BCUT2D eigenvalue weighted by molar-refractivity contribution is 0.0257. The van der Waals surface area contributed by atoms with Crippen LogP contribution in [-0.4, -0.2) is 24.2 Å². The van der Waals surface area contributed by atoms with Crippen LogP contribution < -0.4 is 5.32 Å². The molecular formula is C15H22N2. The Kier molecular flexibility index (Phi) is 3.17. The highest BCUT2D eigenvalue weighted by Gasteiger charge is 2.33. The van der Waals surface area contributed by atoms with E-state index in [0.29, 0.717) is 12.2 Å². The van der Waals surface area contributed by atoms with Crippen molar-refractivity contribution in [1.29, 1.82) is 0 Å². The van der Waals surface area contributed by atoms with Crippen LogP contribution in [0.1, 0.15) is 37.8 Å². The summed E-state index contributed by atoms with van der Waals surface area (Å²) in [4.78, 5) is 2.62. The van der Waals surface area contributed by atoms with Gasteiger partial charge in [0.1, 0.15) is 0 Å². The molecule has 2 heteroatoms. The van der Waals surface area contributed by atoms with E-state index in [1.165, 1.54) is 37.9 Å². The standard InChI is InChI=1S/C15H22N2/c1-12(14-5-3-2-4-6-14)16-15-11-13-7-9-17(15)10-8-13/h2-6,12-13,15-16H,7-11H2,1H3/t12-,15?/m0/s1. The number of rotatable bonds is 3. The van der Waals surface area contributed by atoms with Crippen molar-refractivity contribution in [3.05, 3.63) is 35.9 Å². The third-order valence-electron chi connectivity index (χ3n) is 4.39. The molecule has 3 fully saturated rings. The molecule has 2 bridgehead atoms. The maximum Gasteiger partial charge on any atom is 0.0604 e. The fourth-order valence-electron chi connectivity index (χ4n) is 3.27. The Morgan fingerprint density at radius 2 is 1.88 bits per heavy atom. The van der Waals surface area contributed by atoms with Crippen molar-refractivity contribution in [2.45, 2.75) is 38.4 Å². The van der Waals surface area contributed by atoms with Gasteiger partial charge in [0, 0.05) is 6.04 Å². The minimum atomic E-state index is 0.459. The van der Waals surface area contributed by atoms with Crippen LogP contribution in [0.15, 0.2) is 30.3 Å². The molecule has 0 spiro atoms. The highest BCUT2D eigenvalue weighted by Crippen LogP contribution is 2.31. The van der Waals surface area contributed by atoms with Crippen molar-refractivity contribution in [2.24, 2.45) is 5.92 Å². The Morgan fingerprint density at radius 1 is 1.18 bits per heavy atom. The minimum absolute atomic E-state index is 0.459. The molecule has 0 radical (unpaired) electrons. The van der Waals surface area contributed by atoms with Gasteiger partial charge in [-0.05, 0) is 50.8 Å². The van der Waals surface area contributed by atoms with Crippen molar-refractivity contribution in [2.75, 3.05) is 13.1 Å². The Morgan fingerprint density at radius 3 is 2.47 bits per heavy atom. The normalized spacial score (nSPS) is 33.6. The summed E-state index contributed by atoms with van der Waals surface area (Å²) in [6.07, 6.45) is 4.78. The number of nitrogens with one attached hydrogen (secondary N) is 1. The molecule has 1 unspecified atom stereocenters. The molecule has 2 atom stereocenters. The van der Waals surface area contributed by atoms with Gasteiger partial charge in [0.15, 0.2) is 0 Å². The summed E-state index contributed by atoms with van der Waals surface area (Å²) < 4.78 is 0. The van der Waals surface area contributed by atoms with E-state index in [4.69, 9.17) is 0 Å². The van der Waals surface area contributed by atoms with E-state index in [-0.39, 0.29) is 0 Å². The third kappa shape index (κ3) is 2.38. The van der Waals surface area contributed by atoms with E-state index in [0.717, 1.165) is 5.92 Å². The molecule has 17 heavy (non-hydrogen) atoms. The average molecular weight is 230 g/mol.